The third-order valence-corrected chi connectivity index (χ3v) is 4.59. The predicted octanol–water partition coefficient (Wildman–Crippen LogP) is 4.62. The molecule has 0 spiro atoms. The van der Waals surface area contributed by atoms with Crippen LogP contribution in [0.4, 0.5) is 20.3 Å². The lowest BCUT2D eigenvalue weighted by Gasteiger charge is -2.13. The number of ether oxygens (including phenoxy) is 1. The van der Waals surface area contributed by atoms with Gasteiger partial charge in [-0.05, 0) is 56.3 Å². The van der Waals surface area contributed by atoms with Gasteiger partial charge in [0.15, 0.2) is 24.1 Å². The first-order valence-electron chi connectivity index (χ1n) is 10.3. The zero-order valence-corrected chi connectivity index (χ0v) is 18.0. The Morgan fingerprint density at radius 1 is 1.06 bits per heavy atom. The van der Waals surface area contributed by atoms with Crippen molar-refractivity contribution in [3.8, 4) is 17.1 Å². The van der Waals surface area contributed by atoms with Crippen LogP contribution in [-0.2, 0) is 4.79 Å². The summed E-state index contributed by atoms with van der Waals surface area (Å²) in [5.74, 6) is -0.959. The molecule has 0 saturated heterocycles. The lowest BCUT2D eigenvalue weighted by Crippen LogP contribution is -2.34. The first kappa shape index (κ1) is 22.1. The van der Waals surface area contributed by atoms with E-state index in [4.69, 9.17) is 4.74 Å². The van der Waals surface area contributed by atoms with Crippen molar-refractivity contribution in [2.24, 2.45) is 0 Å². The van der Waals surface area contributed by atoms with Gasteiger partial charge in [0.05, 0.1) is 5.52 Å². The van der Waals surface area contributed by atoms with Crippen molar-refractivity contribution in [2.75, 3.05) is 11.9 Å². The number of carbonyl (C=O) groups excluding carboxylic acids is 1. The molecule has 4 aromatic rings. The molecule has 1 amide bonds. The number of halogens is 2. The standard InChI is InChI=1S/C24H21F2N5O2/c1-14(2)28-22(32)13-33-17-6-8-21-18(11-17)24(29-16-5-7-19(25)20(26)10-16)31-23(30-21)15-4-3-9-27-12-15/h3-12,14H,13H2,1-2H3,(H,28,32)(H,29,30,31). The molecule has 0 aliphatic carbocycles. The van der Waals surface area contributed by atoms with E-state index in [0.717, 1.165) is 12.1 Å². The summed E-state index contributed by atoms with van der Waals surface area (Å²) < 4.78 is 32.7. The van der Waals surface area contributed by atoms with E-state index < -0.39 is 11.6 Å². The van der Waals surface area contributed by atoms with E-state index in [-0.39, 0.29) is 18.6 Å². The van der Waals surface area contributed by atoms with Crippen LogP contribution in [0.2, 0.25) is 0 Å². The Morgan fingerprint density at radius 2 is 1.91 bits per heavy atom. The van der Waals surface area contributed by atoms with Crippen LogP contribution in [0.15, 0.2) is 60.9 Å². The third-order valence-electron chi connectivity index (χ3n) is 4.59. The molecule has 4 rings (SSSR count). The number of fused-ring (bicyclic) bond motifs is 1. The Morgan fingerprint density at radius 3 is 2.64 bits per heavy atom. The van der Waals surface area contributed by atoms with E-state index in [9.17, 15) is 13.6 Å². The number of rotatable bonds is 7. The zero-order chi connectivity index (χ0) is 23.4. The minimum atomic E-state index is -0.981. The number of nitrogens with zero attached hydrogens (tertiary/aromatic N) is 3. The van der Waals surface area contributed by atoms with Crippen LogP contribution in [0.3, 0.4) is 0 Å². The summed E-state index contributed by atoms with van der Waals surface area (Å²) in [5, 5.41) is 6.36. The first-order chi connectivity index (χ1) is 15.9. The van der Waals surface area contributed by atoms with E-state index in [2.05, 4.69) is 25.6 Å². The highest BCUT2D eigenvalue weighted by Gasteiger charge is 2.13. The fourth-order valence-corrected chi connectivity index (χ4v) is 3.14. The van der Waals surface area contributed by atoms with Crippen molar-refractivity contribution in [3.63, 3.8) is 0 Å². The van der Waals surface area contributed by atoms with Crippen molar-refractivity contribution in [1.82, 2.24) is 20.3 Å². The van der Waals surface area contributed by atoms with E-state index in [1.54, 1.807) is 36.7 Å². The van der Waals surface area contributed by atoms with Crippen LogP contribution >= 0.6 is 0 Å². The summed E-state index contributed by atoms with van der Waals surface area (Å²) in [5.41, 5.74) is 1.60. The number of carbonyl (C=O) groups is 1. The minimum Gasteiger partial charge on any atom is -0.484 e. The highest BCUT2D eigenvalue weighted by Crippen LogP contribution is 2.30. The molecule has 9 heteroatoms. The van der Waals surface area contributed by atoms with E-state index >= 15 is 0 Å². The second-order valence-corrected chi connectivity index (χ2v) is 7.58. The van der Waals surface area contributed by atoms with Crippen LogP contribution in [0, 0.1) is 11.6 Å². The van der Waals surface area contributed by atoms with Crippen molar-refractivity contribution in [2.45, 2.75) is 19.9 Å². The minimum absolute atomic E-state index is 0.00362. The highest BCUT2D eigenvalue weighted by molar-refractivity contribution is 5.93. The number of amides is 1. The van der Waals surface area contributed by atoms with Crippen LogP contribution < -0.4 is 15.4 Å². The van der Waals surface area contributed by atoms with Crippen molar-refractivity contribution >= 4 is 28.3 Å². The number of nitrogens with one attached hydrogen (secondary N) is 2. The summed E-state index contributed by atoms with van der Waals surface area (Å²) in [6, 6.07) is 12.2. The quantitative estimate of drug-likeness (QED) is 0.428. The first-order valence-corrected chi connectivity index (χ1v) is 10.3. The Balaban J connectivity index is 1.73. The SMILES string of the molecule is CC(C)NC(=O)COc1ccc2nc(-c3cccnc3)nc(Nc3ccc(F)c(F)c3)c2c1. The second kappa shape index (κ2) is 9.56. The molecule has 2 aromatic carbocycles. The fraction of sp³-hybridized carbons (Fsp3) is 0.167. The van der Waals surface area contributed by atoms with Crippen LogP contribution in [0.5, 0.6) is 5.75 Å². The molecular formula is C24H21F2N5O2. The summed E-state index contributed by atoms with van der Waals surface area (Å²) in [6.45, 7) is 3.58. The van der Waals surface area contributed by atoms with E-state index in [0.29, 0.717) is 39.5 Å². The molecule has 0 radical (unpaired) electrons. The molecule has 2 N–H and O–H groups in total. The maximum Gasteiger partial charge on any atom is 0.258 e. The second-order valence-electron chi connectivity index (χ2n) is 7.58. The summed E-state index contributed by atoms with van der Waals surface area (Å²) in [6.07, 6.45) is 3.28. The fourth-order valence-electron chi connectivity index (χ4n) is 3.14. The van der Waals surface area contributed by atoms with Crippen LogP contribution in [0.1, 0.15) is 13.8 Å². The summed E-state index contributed by atoms with van der Waals surface area (Å²) >= 11 is 0. The topological polar surface area (TPSA) is 89.0 Å². The smallest absolute Gasteiger partial charge is 0.258 e. The van der Waals surface area contributed by atoms with Gasteiger partial charge in [0, 0.05) is 41.1 Å². The number of pyridine rings is 1. The van der Waals surface area contributed by atoms with E-state index in [1.165, 1.54) is 6.07 Å². The largest absolute Gasteiger partial charge is 0.484 e. The predicted molar refractivity (Wildman–Crippen MR) is 121 cm³/mol. The Kier molecular flexibility index (Phi) is 6.39. The van der Waals surface area contributed by atoms with Gasteiger partial charge < -0.3 is 15.4 Å². The van der Waals surface area contributed by atoms with Crippen molar-refractivity contribution in [3.05, 3.63) is 72.6 Å². The molecule has 2 aromatic heterocycles. The van der Waals surface area contributed by atoms with Gasteiger partial charge in [0.2, 0.25) is 0 Å². The molecule has 33 heavy (non-hydrogen) atoms. The molecule has 0 aliphatic heterocycles. The van der Waals surface area contributed by atoms with Crippen molar-refractivity contribution in [1.29, 1.82) is 0 Å². The molecule has 0 atom stereocenters. The third kappa shape index (κ3) is 5.38. The number of hydrogen-bond acceptors (Lipinski definition) is 6. The van der Waals surface area contributed by atoms with Gasteiger partial charge in [-0.3, -0.25) is 9.78 Å². The molecule has 0 saturated carbocycles. The van der Waals surface area contributed by atoms with Gasteiger partial charge in [0.1, 0.15) is 11.6 Å². The Bertz CT molecular complexity index is 1300. The molecule has 0 unspecified atom stereocenters. The maximum atomic E-state index is 13.8. The maximum absolute atomic E-state index is 13.8. The molecule has 0 aliphatic rings. The Labute approximate surface area is 188 Å². The summed E-state index contributed by atoms with van der Waals surface area (Å²) in [7, 11) is 0. The number of aromatic nitrogens is 3. The number of benzene rings is 2. The Hall–Kier alpha value is -4.14. The molecule has 7 nitrogen and oxygen atoms in total. The van der Waals surface area contributed by atoms with Gasteiger partial charge in [-0.1, -0.05) is 0 Å². The van der Waals surface area contributed by atoms with Crippen LogP contribution in [0.25, 0.3) is 22.3 Å². The van der Waals surface area contributed by atoms with Gasteiger partial charge >= 0.3 is 0 Å². The van der Waals surface area contributed by atoms with Crippen LogP contribution in [-0.4, -0.2) is 33.5 Å². The molecule has 0 bridgehead atoms. The lowest BCUT2D eigenvalue weighted by atomic mass is 10.2. The zero-order valence-electron chi connectivity index (χ0n) is 18.0. The van der Waals surface area contributed by atoms with E-state index in [1.807, 2.05) is 19.9 Å². The number of hydrogen-bond donors (Lipinski definition) is 2. The molecule has 2 heterocycles. The normalized spacial score (nSPS) is 10.9. The molecule has 168 valence electrons. The highest BCUT2D eigenvalue weighted by atomic mass is 19.2. The number of anilines is 2. The van der Waals surface area contributed by atoms with Gasteiger partial charge in [-0.15, -0.1) is 0 Å². The van der Waals surface area contributed by atoms with Gasteiger partial charge in [-0.2, -0.15) is 0 Å². The van der Waals surface area contributed by atoms with Crippen molar-refractivity contribution < 1.29 is 18.3 Å². The average molecular weight is 449 g/mol. The lowest BCUT2D eigenvalue weighted by molar-refractivity contribution is -0.123. The molecular weight excluding hydrogens is 428 g/mol. The molecule has 0 fully saturated rings. The summed E-state index contributed by atoms with van der Waals surface area (Å²) in [4.78, 5) is 25.2. The average Bonchev–Trinajstić information content (AvgIpc) is 2.80. The van der Waals surface area contributed by atoms with Gasteiger partial charge in [-0.25, -0.2) is 18.7 Å². The van der Waals surface area contributed by atoms with Gasteiger partial charge in [0.25, 0.3) is 5.91 Å². The monoisotopic (exact) mass is 449 g/mol.